The van der Waals surface area contributed by atoms with Crippen LogP contribution in [0.25, 0.3) is 0 Å². The van der Waals surface area contributed by atoms with E-state index in [1.807, 2.05) is 20.8 Å². The van der Waals surface area contributed by atoms with Crippen LogP contribution in [0.3, 0.4) is 0 Å². The third kappa shape index (κ3) is 4.79. The minimum absolute atomic E-state index is 0.00234. The van der Waals surface area contributed by atoms with Gasteiger partial charge in [0, 0.05) is 6.54 Å². The van der Waals surface area contributed by atoms with Crippen molar-refractivity contribution in [3.63, 3.8) is 0 Å². The van der Waals surface area contributed by atoms with Crippen LogP contribution in [0.1, 0.15) is 66.7 Å². The summed E-state index contributed by atoms with van der Waals surface area (Å²) >= 11 is 0. The summed E-state index contributed by atoms with van der Waals surface area (Å²) < 4.78 is 0. The van der Waals surface area contributed by atoms with E-state index in [1.165, 1.54) is 32.1 Å². The van der Waals surface area contributed by atoms with E-state index in [9.17, 15) is 4.79 Å². The minimum atomic E-state index is -0.426. The second-order valence-corrected chi connectivity index (χ2v) is 7.87. The van der Waals surface area contributed by atoms with E-state index in [0.29, 0.717) is 11.3 Å². The van der Waals surface area contributed by atoms with Crippen molar-refractivity contribution in [3.8, 4) is 0 Å². The molecule has 3 nitrogen and oxygen atoms in total. The Morgan fingerprint density at radius 2 is 1.79 bits per heavy atom. The van der Waals surface area contributed by atoms with Crippen LogP contribution >= 0.6 is 0 Å². The first-order chi connectivity index (χ1) is 8.66. The first kappa shape index (κ1) is 16.5. The van der Waals surface area contributed by atoms with Gasteiger partial charge in [-0.2, -0.15) is 0 Å². The zero-order chi connectivity index (χ0) is 14.7. The fourth-order valence-electron chi connectivity index (χ4n) is 3.22. The molecule has 0 bridgehead atoms. The number of rotatable bonds is 5. The molecule has 3 heteroatoms. The second kappa shape index (κ2) is 6.25. The molecule has 0 heterocycles. The van der Waals surface area contributed by atoms with Gasteiger partial charge in [0.25, 0.3) is 0 Å². The maximum atomic E-state index is 12.1. The highest BCUT2D eigenvalue weighted by atomic mass is 16.2. The summed E-state index contributed by atoms with van der Waals surface area (Å²) in [6.45, 7) is 11.4. The zero-order valence-corrected chi connectivity index (χ0v) is 13.4. The normalized spacial score (nSPS) is 20.6. The van der Waals surface area contributed by atoms with Crippen LogP contribution in [0.4, 0.5) is 0 Å². The average molecular weight is 268 g/mol. The highest BCUT2D eigenvalue weighted by molar-refractivity contribution is 5.82. The van der Waals surface area contributed by atoms with Gasteiger partial charge in [0.05, 0.1) is 6.04 Å². The highest BCUT2D eigenvalue weighted by Gasteiger charge is 2.36. The van der Waals surface area contributed by atoms with E-state index in [-0.39, 0.29) is 11.3 Å². The van der Waals surface area contributed by atoms with Gasteiger partial charge in [0.2, 0.25) is 5.91 Å². The molecule has 112 valence electrons. The predicted octanol–water partition coefficient (Wildman–Crippen LogP) is 3.08. The van der Waals surface area contributed by atoms with Crippen LogP contribution in [0.15, 0.2) is 0 Å². The molecule has 0 saturated heterocycles. The lowest BCUT2D eigenvalue weighted by Gasteiger charge is -2.33. The molecule has 3 N–H and O–H groups in total. The van der Waals surface area contributed by atoms with Gasteiger partial charge in [-0.3, -0.25) is 4.79 Å². The molecule has 1 aliphatic rings. The molecule has 0 aromatic carbocycles. The van der Waals surface area contributed by atoms with E-state index >= 15 is 0 Å². The Balaban J connectivity index is 2.55. The van der Waals surface area contributed by atoms with Crippen LogP contribution in [0.2, 0.25) is 0 Å². The number of nitrogens with one attached hydrogen (secondary N) is 1. The van der Waals surface area contributed by atoms with Crippen molar-refractivity contribution in [1.82, 2.24) is 5.32 Å². The summed E-state index contributed by atoms with van der Waals surface area (Å²) in [5.74, 6) is 0.689. The summed E-state index contributed by atoms with van der Waals surface area (Å²) in [5, 5.41) is 3.11. The van der Waals surface area contributed by atoms with Crippen molar-refractivity contribution < 1.29 is 4.79 Å². The predicted molar refractivity (Wildman–Crippen MR) is 80.8 cm³/mol. The van der Waals surface area contributed by atoms with E-state index in [0.717, 1.165) is 6.54 Å². The van der Waals surface area contributed by atoms with E-state index in [1.54, 1.807) is 0 Å². The highest BCUT2D eigenvalue weighted by Crippen LogP contribution is 2.42. The second-order valence-electron chi connectivity index (χ2n) is 7.87. The first-order valence-corrected chi connectivity index (χ1v) is 7.70. The molecule has 1 amide bonds. The average Bonchev–Trinajstić information content (AvgIpc) is 2.71. The Morgan fingerprint density at radius 1 is 1.26 bits per heavy atom. The van der Waals surface area contributed by atoms with Crippen LogP contribution in [0, 0.1) is 16.7 Å². The number of amides is 1. The number of nitrogens with two attached hydrogens (primary N) is 1. The Kier molecular flexibility index (Phi) is 5.43. The van der Waals surface area contributed by atoms with Gasteiger partial charge in [0.15, 0.2) is 0 Å². The van der Waals surface area contributed by atoms with Crippen LogP contribution < -0.4 is 11.1 Å². The van der Waals surface area contributed by atoms with Crippen molar-refractivity contribution in [2.75, 3.05) is 6.54 Å². The van der Waals surface area contributed by atoms with E-state index < -0.39 is 6.04 Å². The lowest BCUT2D eigenvalue weighted by atomic mass is 9.78. The molecule has 0 aromatic heterocycles. The summed E-state index contributed by atoms with van der Waals surface area (Å²) in [7, 11) is 0. The minimum Gasteiger partial charge on any atom is -0.354 e. The molecular weight excluding hydrogens is 236 g/mol. The van der Waals surface area contributed by atoms with Gasteiger partial charge in [-0.05, 0) is 36.0 Å². The van der Waals surface area contributed by atoms with E-state index in [2.05, 4.69) is 19.2 Å². The summed E-state index contributed by atoms with van der Waals surface area (Å²) in [6.07, 6.45) is 6.30. The van der Waals surface area contributed by atoms with Gasteiger partial charge in [-0.15, -0.1) is 0 Å². The number of hydrogen-bond acceptors (Lipinski definition) is 2. The van der Waals surface area contributed by atoms with Gasteiger partial charge in [-0.1, -0.05) is 47.5 Å². The third-order valence-corrected chi connectivity index (χ3v) is 4.36. The van der Waals surface area contributed by atoms with Crippen LogP contribution in [-0.4, -0.2) is 18.5 Å². The molecule has 1 rings (SSSR count). The SMILES string of the molecule is CC(C)CC1(CNC(=O)C(N)C(C)(C)C)CCCC1. The summed E-state index contributed by atoms with van der Waals surface area (Å²) in [6, 6.07) is -0.426. The molecule has 0 radical (unpaired) electrons. The standard InChI is InChI=1S/C16H32N2O/c1-12(2)10-16(8-6-7-9-16)11-18-14(19)13(17)15(3,4)5/h12-13H,6-11,17H2,1-5H3,(H,18,19). The van der Waals surface area contributed by atoms with Crippen molar-refractivity contribution in [2.24, 2.45) is 22.5 Å². The van der Waals surface area contributed by atoms with Crippen molar-refractivity contribution >= 4 is 5.91 Å². The van der Waals surface area contributed by atoms with E-state index in [4.69, 9.17) is 5.73 Å². The fraction of sp³-hybridized carbons (Fsp3) is 0.938. The Morgan fingerprint density at radius 3 is 2.21 bits per heavy atom. The first-order valence-electron chi connectivity index (χ1n) is 7.70. The number of carbonyl (C=O) groups is 1. The van der Waals surface area contributed by atoms with Crippen molar-refractivity contribution in [3.05, 3.63) is 0 Å². The third-order valence-electron chi connectivity index (χ3n) is 4.36. The molecule has 1 unspecified atom stereocenters. The topological polar surface area (TPSA) is 55.1 Å². The van der Waals surface area contributed by atoms with Gasteiger partial charge < -0.3 is 11.1 Å². The van der Waals surface area contributed by atoms with Gasteiger partial charge >= 0.3 is 0 Å². The maximum absolute atomic E-state index is 12.1. The Hall–Kier alpha value is -0.570. The van der Waals surface area contributed by atoms with Gasteiger partial charge in [-0.25, -0.2) is 0 Å². The number of hydrogen-bond donors (Lipinski definition) is 2. The van der Waals surface area contributed by atoms with Crippen molar-refractivity contribution in [1.29, 1.82) is 0 Å². The molecule has 1 atom stereocenters. The monoisotopic (exact) mass is 268 g/mol. The molecule has 0 aliphatic heterocycles. The lowest BCUT2D eigenvalue weighted by Crippen LogP contribution is -2.50. The summed E-state index contributed by atoms with van der Waals surface area (Å²) in [5.41, 5.74) is 6.16. The molecule has 0 aromatic rings. The largest absolute Gasteiger partial charge is 0.354 e. The molecule has 0 spiro atoms. The molecule has 1 aliphatic carbocycles. The van der Waals surface area contributed by atoms with Gasteiger partial charge in [0.1, 0.15) is 0 Å². The van der Waals surface area contributed by atoms with Crippen LogP contribution in [0.5, 0.6) is 0 Å². The molecule has 1 saturated carbocycles. The lowest BCUT2D eigenvalue weighted by molar-refractivity contribution is -0.125. The van der Waals surface area contributed by atoms with Crippen LogP contribution in [-0.2, 0) is 4.79 Å². The van der Waals surface area contributed by atoms with Crippen molar-refractivity contribution in [2.45, 2.75) is 72.8 Å². The maximum Gasteiger partial charge on any atom is 0.237 e. The Bertz CT molecular complexity index is 298. The zero-order valence-electron chi connectivity index (χ0n) is 13.4. The Labute approximate surface area is 118 Å². The quantitative estimate of drug-likeness (QED) is 0.805. The molecular formula is C16H32N2O. The number of carbonyl (C=O) groups excluding carboxylic acids is 1. The summed E-state index contributed by atoms with van der Waals surface area (Å²) in [4.78, 5) is 12.1. The smallest absolute Gasteiger partial charge is 0.237 e. The fourth-order valence-corrected chi connectivity index (χ4v) is 3.22. The molecule has 1 fully saturated rings. The molecule has 19 heavy (non-hydrogen) atoms.